The highest BCUT2D eigenvalue weighted by Gasteiger charge is 2.59. The molecule has 0 aromatic heterocycles. The quantitative estimate of drug-likeness (QED) is 0.320. The van der Waals surface area contributed by atoms with Gasteiger partial charge in [0.2, 0.25) is 5.78 Å². The van der Waals surface area contributed by atoms with Crippen LogP contribution in [-0.2, 0) is 22.6 Å². The van der Waals surface area contributed by atoms with Crippen molar-refractivity contribution in [1.29, 1.82) is 0 Å². The van der Waals surface area contributed by atoms with Gasteiger partial charge in [-0.15, -0.1) is 0 Å². The third kappa shape index (κ3) is 4.58. The van der Waals surface area contributed by atoms with Crippen molar-refractivity contribution in [3.05, 3.63) is 69.7 Å². The number of Topliss-reactive ketones (excluding diaryl/α,β-unsaturated/α-hetero) is 2. The molecule has 3 aliphatic carbocycles. The summed E-state index contributed by atoms with van der Waals surface area (Å²) in [6, 6.07) is 9.70. The fourth-order valence-corrected chi connectivity index (χ4v) is 7.39. The molecule has 0 radical (unpaired) electrons. The van der Waals surface area contributed by atoms with Crippen LogP contribution in [0.25, 0.3) is 11.1 Å². The molecule has 4 aliphatic rings. The highest BCUT2D eigenvalue weighted by atomic mass is 16.3. The lowest BCUT2D eigenvalue weighted by molar-refractivity contribution is -0.144. The molecule has 2 aromatic rings. The maximum absolute atomic E-state index is 14.2. The lowest BCUT2D eigenvalue weighted by Crippen LogP contribution is -2.57. The molecule has 2 aromatic carbocycles. The summed E-state index contributed by atoms with van der Waals surface area (Å²) in [5, 5.41) is 45.1. The van der Waals surface area contributed by atoms with E-state index >= 15 is 0 Å². The van der Waals surface area contributed by atoms with Gasteiger partial charge in [0, 0.05) is 76.0 Å². The number of fused-ring (bicyclic) bond motifs is 3. The first-order valence-electron chi connectivity index (χ1n) is 14.9. The summed E-state index contributed by atoms with van der Waals surface area (Å²) in [7, 11) is 5.81. The van der Waals surface area contributed by atoms with Gasteiger partial charge in [0.15, 0.2) is 11.4 Å². The van der Waals surface area contributed by atoms with Gasteiger partial charge in [0.25, 0.3) is 5.91 Å². The second-order valence-electron chi connectivity index (χ2n) is 12.7. The number of hydrogen-bond donors (Lipinski definition) is 5. The van der Waals surface area contributed by atoms with Gasteiger partial charge in [-0.2, -0.15) is 0 Å². The zero-order valence-electron chi connectivity index (χ0n) is 25.1. The molecule has 3 atom stereocenters. The lowest BCUT2D eigenvalue weighted by Gasteiger charge is -2.46. The van der Waals surface area contributed by atoms with Crippen LogP contribution in [0, 0.1) is 11.8 Å². The first-order chi connectivity index (χ1) is 20.8. The van der Waals surface area contributed by atoms with Crippen LogP contribution in [0.1, 0.15) is 34.3 Å². The maximum Gasteiger partial charge on any atom is 0.255 e. The molecule has 44 heavy (non-hydrogen) atoms. The number of aliphatic hydroxyl groups excluding tert-OH is 2. The van der Waals surface area contributed by atoms with Crippen LogP contribution in [0.2, 0.25) is 0 Å². The Morgan fingerprint density at radius 3 is 2.43 bits per heavy atom. The summed E-state index contributed by atoms with van der Waals surface area (Å²) in [5.41, 5.74) is 5.34. The topological polar surface area (TPSA) is 168 Å². The minimum atomic E-state index is -2.59. The van der Waals surface area contributed by atoms with Crippen LogP contribution in [0.5, 0.6) is 5.75 Å². The highest BCUT2D eigenvalue weighted by molar-refractivity contribution is 6.24. The number of aliphatic hydroxyl groups is 3. The summed E-state index contributed by atoms with van der Waals surface area (Å²) in [6.45, 7) is 4.64. The number of piperazine rings is 1. The van der Waals surface area contributed by atoms with E-state index in [9.17, 15) is 34.8 Å². The number of likely N-dealkylation sites (N-methyl/N-ethyl adjacent to an activating group) is 1. The number of nitrogens with zero attached hydrogens (tertiary/aromatic N) is 3. The second kappa shape index (κ2) is 10.8. The van der Waals surface area contributed by atoms with E-state index in [-0.39, 0.29) is 36.1 Å². The lowest BCUT2D eigenvalue weighted by atomic mass is 9.60. The normalized spacial score (nSPS) is 25.9. The van der Waals surface area contributed by atoms with Gasteiger partial charge in [-0.05, 0) is 54.6 Å². The number of phenolic OH excluding ortho intramolecular Hbond substituents is 1. The zero-order valence-corrected chi connectivity index (χ0v) is 25.1. The number of rotatable bonds is 5. The van der Waals surface area contributed by atoms with Crippen molar-refractivity contribution in [3.63, 3.8) is 0 Å². The number of ketones is 2. The number of hydrogen-bond acceptors (Lipinski definition) is 10. The van der Waals surface area contributed by atoms with Crippen LogP contribution in [0.4, 0.5) is 5.69 Å². The molecule has 0 bridgehead atoms. The molecule has 1 aliphatic heterocycles. The van der Waals surface area contributed by atoms with E-state index in [0.717, 1.165) is 49.5 Å². The summed E-state index contributed by atoms with van der Waals surface area (Å²) in [4.78, 5) is 46.0. The minimum Gasteiger partial charge on any atom is -0.511 e. The van der Waals surface area contributed by atoms with Crippen molar-refractivity contribution in [2.45, 2.75) is 31.4 Å². The molecule has 0 spiro atoms. The molecule has 11 heteroatoms. The fraction of sp³-hybridized carbons (Fsp3) is 0.424. The number of carbonyl (C=O) groups is 3. The predicted molar refractivity (Wildman–Crippen MR) is 163 cm³/mol. The number of amides is 1. The SMILES string of the molecule is CN1CCN(Cc2cccc(-c3cc(N(C)C)c4c(c3O)C(=O)C3=C(O)[C@]5(O)C(=O)C(C(N)=O)=C(O)C[C@@H]5C[C@@H]3C4)c2)CC1. The van der Waals surface area contributed by atoms with E-state index in [0.29, 0.717) is 11.1 Å². The number of allylic oxidation sites excluding steroid dienone is 2. The molecule has 1 saturated heterocycles. The predicted octanol–water partition coefficient (Wildman–Crippen LogP) is 2.06. The Morgan fingerprint density at radius 2 is 1.77 bits per heavy atom. The number of phenols is 1. The average molecular weight is 603 g/mol. The van der Waals surface area contributed by atoms with Crippen molar-refractivity contribution >= 4 is 23.2 Å². The monoisotopic (exact) mass is 602 g/mol. The first-order valence-corrected chi connectivity index (χ1v) is 14.9. The molecule has 11 nitrogen and oxygen atoms in total. The second-order valence-corrected chi connectivity index (χ2v) is 12.7. The molecule has 1 fully saturated rings. The van der Waals surface area contributed by atoms with E-state index in [2.05, 4.69) is 16.8 Å². The van der Waals surface area contributed by atoms with E-state index in [4.69, 9.17) is 5.73 Å². The van der Waals surface area contributed by atoms with E-state index in [1.807, 2.05) is 49.3 Å². The molecular formula is C33H38N4O7. The Bertz CT molecular complexity index is 1650. The fourth-order valence-electron chi connectivity index (χ4n) is 7.39. The number of benzene rings is 2. The molecule has 1 amide bonds. The molecular weight excluding hydrogens is 564 g/mol. The Balaban J connectivity index is 1.44. The smallest absolute Gasteiger partial charge is 0.255 e. The third-order valence-electron chi connectivity index (χ3n) is 9.76. The summed E-state index contributed by atoms with van der Waals surface area (Å²) >= 11 is 0. The summed E-state index contributed by atoms with van der Waals surface area (Å²) < 4.78 is 0. The van der Waals surface area contributed by atoms with Gasteiger partial charge in [0.05, 0.1) is 5.56 Å². The van der Waals surface area contributed by atoms with Crippen LogP contribution >= 0.6 is 0 Å². The maximum atomic E-state index is 14.2. The van der Waals surface area contributed by atoms with Crippen molar-refractivity contribution in [1.82, 2.24) is 9.80 Å². The Labute approximate surface area is 255 Å². The van der Waals surface area contributed by atoms with Crippen molar-refractivity contribution < 1.29 is 34.8 Å². The summed E-state index contributed by atoms with van der Waals surface area (Å²) in [6.07, 6.45) is 0.0798. The van der Waals surface area contributed by atoms with Crippen LogP contribution < -0.4 is 10.6 Å². The third-order valence-corrected chi connectivity index (χ3v) is 9.76. The Morgan fingerprint density at radius 1 is 1.07 bits per heavy atom. The van der Waals surface area contributed by atoms with Crippen LogP contribution in [0.3, 0.4) is 0 Å². The van der Waals surface area contributed by atoms with Gasteiger partial charge in [0.1, 0.15) is 22.8 Å². The highest BCUT2D eigenvalue weighted by Crippen LogP contribution is 2.53. The zero-order chi connectivity index (χ0) is 31.7. The van der Waals surface area contributed by atoms with Crippen molar-refractivity contribution in [2.24, 2.45) is 17.6 Å². The average Bonchev–Trinajstić information content (AvgIpc) is 2.96. The van der Waals surface area contributed by atoms with Crippen LogP contribution in [0.15, 0.2) is 53.0 Å². The van der Waals surface area contributed by atoms with Gasteiger partial charge >= 0.3 is 0 Å². The largest absolute Gasteiger partial charge is 0.511 e. The minimum absolute atomic E-state index is 0.00675. The van der Waals surface area contributed by atoms with Crippen molar-refractivity contribution in [3.8, 4) is 16.9 Å². The standard InChI is InChI=1S/C33H38N4O7/c1-35(2)23-15-21(18-6-4-5-17(11-18)16-37-9-7-36(3)8-10-37)28(39)26-22(23)13-19-12-20-14-24(38)27(32(34)43)31(42)33(20,44)30(41)25(19)29(26)40/h4-6,11,15,19-20,38-39,41,44H,7-10,12-14,16H2,1-3H3,(H2,34,43)/t19-,20+,33+/m1/s1. The van der Waals surface area contributed by atoms with Crippen molar-refractivity contribution in [2.75, 3.05) is 52.2 Å². The number of anilines is 1. The van der Waals surface area contributed by atoms with E-state index < -0.39 is 52.0 Å². The first kappa shape index (κ1) is 29.9. The number of aromatic hydroxyl groups is 1. The number of carbonyl (C=O) groups excluding carboxylic acids is 3. The number of nitrogens with two attached hydrogens (primary N) is 1. The molecule has 1 heterocycles. The molecule has 0 unspecified atom stereocenters. The Hall–Kier alpha value is -4.19. The van der Waals surface area contributed by atoms with E-state index in [1.165, 1.54) is 0 Å². The van der Waals surface area contributed by atoms with Crippen LogP contribution in [-0.4, -0.2) is 101 Å². The molecule has 0 saturated carbocycles. The Kier molecular flexibility index (Phi) is 7.30. The molecule has 6 N–H and O–H groups in total. The van der Waals surface area contributed by atoms with Gasteiger partial charge < -0.3 is 36.0 Å². The molecule has 232 valence electrons. The summed E-state index contributed by atoms with van der Waals surface area (Å²) in [5.74, 6) is -6.35. The van der Waals surface area contributed by atoms with Gasteiger partial charge in [-0.1, -0.05) is 18.2 Å². The van der Waals surface area contributed by atoms with E-state index in [1.54, 1.807) is 0 Å². The molecule has 6 rings (SSSR count). The van der Waals surface area contributed by atoms with Gasteiger partial charge in [-0.3, -0.25) is 19.3 Å². The number of primary amides is 1. The van der Waals surface area contributed by atoms with Gasteiger partial charge in [-0.25, -0.2) is 0 Å².